The largest absolute Gasteiger partial charge is 0.487 e. The predicted octanol–water partition coefficient (Wildman–Crippen LogP) is 12.2. The monoisotopic (exact) mass is 684 g/mol. The number of unbranched alkanes of at least 4 members (excludes halogenated alkanes) is 18. The zero-order valence-electron chi connectivity index (χ0n) is 24.4. The van der Waals surface area contributed by atoms with Crippen LogP contribution in [0.2, 0.25) is 0 Å². The van der Waals surface area contributed by atoms with Crippen molar-refractivity contribution in [1.29, 1.82) is 0 Å². The maximum Gasteiger partial charge on any atom is 0.191 e. The zero-order valence-corrected chi connectivity index (χ0v) is 28.4. The first-order chi connectivity index (χ1) is 19.2. The van der Waals surface area contributed by atoms with E-state index in [0.29, 0.717) is 13.2 Å². The van der Waals surface area contributed by atoms with Crippen LogP contribution >= 0.6 is 43.2 Å². The summed E-state index contributed by atoms with van der Waals surface area (Å²) in [6.07, 6.45) is 26.4. The molecule has 220 valence electrons. The van der Waals surface area contributed by atoms with Gasteiger partial charge in [0.15, 0.2) is 11.5 Å². The second-order valence-electron chi connectivity index (χ2n) is 11.0. The van der Waals surface area contributed by atoms with E-state index in [1.807, 2.05) is 0 Å². The highest BCUT2D eigenvalue weighted by Crippen LogP contribution is 2.44. The molecule has 0 spiro atoms. The Hall–Kier alpha value is -0.660. The molecule has 2 heterocycles. The molecule has 39 heavy (non-hydrogen) atoms. The van der Waals surface area contributed by atoms with Gasteiger partial charge < -0.3 is 9.47 Å². The van der Waals surface area contributed by atoms with E-state index in [1.165, 1.54) is 116 Å². The zero-order chi connectivity index (χ0) is 27.7. The first-order valence-corrected chi connectivity index (χ1v) is 18.2. The maximum atomic E-state index is 6.26. The second-order valence-corrected chi connectivity index (χ2v) is 14.6. The minimum atomic E-state index is 0.713. The van der Waals surface area contributed by atoms with E-state index in [2.05, 4.69) is 45.7 Å². The maximum absolute atomic E-state index is 6.26. The average molecular weight is 687 g/mol. The molecule has 0 atom stereocenters. The summed E-state index contributed by atoms with van der Waals surface area (Å²) in [4.78, 5) is 9.79. The van der Waals surface area contributed by atoms with Crippen molar-refractivity contribution >= 4 is 65.7 Å². The van der Waals surface area contributed by atoms with Gasteiger partial charge in [0.25, 0.3) is 0 Å². The minimum absolute atomic E-state index is 0.713. The van der Waals surface area contributed by atoms with Crippen LogP contribution in [0.4, 0.5) is 0 Å². The van der Waals surface area contributed by atoms with Crippen LogP contribution in [0.15, 0.2) is 7.57 Å². The summed E-state index contributed by atoms with van der Waals surface area (Å²) in [7, 11) is 0. The fourth-order valence-electron chi connectivity index (χ4n) is 5.15. The van der Waals surface area contributed by atoms with Crippen LogP contribution in [0.1, 0.15) is 154 Å². The molecule has 0 bridgehead atoms. The molecule has 0 radical (unpaired) electrons. The number of ether oxygens (including phenoxy) is 2. The van der Waals surface area contributed by atoms with Crippen molar-refractivity contribution in [3.63, 3.8) is 0 Å². The second kappa shape index (κ2) is 19.5. The molecule has 0 unspecified atom stereocenters. The van der Waals surface area contributed by atoms with Crippen LogP contribution < -0.4 is 0 Å². The summed E-state index contributed by atoms with van der Waals surface area (Å²) < 4.78 is 14.5. The predicted molar refractivity (Wildman–Crippen MR) is 175 cm³/mol. The van der Waals surface area contributed by atoms with Crippen molar-refractivity contribution < 1.29 is 9.47 Å². The highest BCUT2D eigenvalue weighted by Gasteiger charge is 2.35. The first-order valence-electron chi connectivity index (χ1n) is 15.8. The molecule has 0 amide bonds. The summed E-state index contributed by atoms with van der Waals surface area (Å²) in [6, 6.07) is 0. The number of nitrogens with zero attached hydrogens (tertiary/aromatic N) is 2. The van der Waals surface area contributed by atoms with Gasteiger partial charge in [-0.25, -0.2) is 9.97 Å². The molecule has 0 saturated heterocycles. The van der Waals surface area contributed by atoms with Gasteiger partial charge in [0, 0.05) is 0 Å². The van der Waals surface area contributed by atoms with Crippen molar-refractivity contribution in [3.05, 3.63) is 19.0 Å². The first kappa shape index (κ1) is 32.8. The molecule has 1 aliphatic carbocycles. The fraction of sp³-hybridized carbons (Fsp3) is 0.750. The van der Waals surface area contributed by atoms with Crippen LogP contribution in [-0.4, -0.2) is 23.2 Å². The molecule has 3 rings (SSSR count). The normalized spacial score (nSPS) is 12.7. The highest BCUT2D eigenvalue weighted by molar-refractivity contribution is 9.12. The quantitative estimate of drug-likeness (QED) is 0.103. The van der Waals surface area contributed by atoms with Gasteiger partial charge in [-0.3, -0.25) is 0 Å². The van der Waals surface area contributed by atoms with E-state index in [9.17, 15) is 0 Å². The SMILES string of the molecule is CCCCCCCCCCCCOC1=C(OCCCCCCCCCCCC)c2nc3c(Br)sc(Br)c3nc21. The lowest BCUT2D eigenvalue weighted by Crippen LogP contribution is -2.17. The van der Waals surface area contributed by atoms with Gasteiger partial charge in [-0.15, -0.1) is 11.3 Å². The van der Waals surface area contributed by atoms with Gasteiger partial charge in [-0.05, 0) is 44.7 Å². The molecule has 2 aromatic rings. The van der Waals surface area contributed by atoms with Crippen molar-refractivity contribution in [1.82, 2.24) is 9.97 Å². The third-order valence-electron chi connectivity index (χ3n) is 7.57. The highest BCUT2D eigenvalue weighted by atomic mass is 79.9. The molecular weight excluding hydrogens is 636 g/mol. The van der Waals surface area contributed by atoms with Crippen LogP contribution in [0.25, 0.3) is 22.6 Å². The van der Waals surface area contributed by atoms with Gasteiger partial charge in [-0.2, -0.15) is 0 Å². The Morgan fingerprint density at radius 1 is 0.487 bits per heavy atom. The Kier molecular flexibility index (Phi) is 16.4. The lowest BCUT2D eigenvalue weighted by Gasteiger charge is -2.25. The molecule has 1 aliphatic rings. The topological polar surface area (TPSA) is 44.2 Å². The Labute approximate surface area is 258 Å². The number of thiophene rings is 1. The van der Waals surface area contributed by atoms with Crippen LogP contribution in [0.5, 0.6) is 0 Å². The smallest absolute Gasteiger partial charge is 0.191 e. The molecule has 0 aliphatic heterocycles. The summed E-state index contributed by atoms with van der Waals surface area (Å²) in [5, 5.41) is 0. The average Bonchev–Trinajstić information content (AvgIpc) is 3.21. The number of halogens is 2. The number of hydrogen-bond donors (Lipinski definition) is 0. The number of rotatable bonds is 24. The van der Waals surface area contributed by atoms with E-state index in [0.717, 1.165) is 54.4 Å². The molecule has 0 fully saturated rings. The minimum Gasteiger partial charge on any atom is -0.487 e. The Morgan fingerprint density at radius 2 is 0.795 bits per heavy atom. The lowest BCUT2D eigenvalue weighted by molar-refractivity contribution is 0.224. The van der Waals surface area contributed by atoms with Crippen molar-refractivity contribution in [2.75, 3.05) is 13.2 Å². The Balaban J connectivity index is 1.40. The van der Waals surface area contributed by atoms with Crippen LogP contribution in [0, 0.1) is 0 Å². The molecule has 7 heteroatoms. The number of fused-ring (bicyclic) bond motifs is 2. The lowest BCUT2D eigenvalue weighted by atomic mass is 10.0. The van der Waals surface area contributed by atoms with E-state index in [1.54, 1.807) is 11.3 Å². The Morgan fingerprint density at radius 3 is 1.13 bits per heavy atom. The molecule has 0 N–H and O–H groups in total. The standard InChI is InChI=1S/C32H50Br2N2O2S/c1-3-5-7-9-11-13-15-17-19-21-23-37-29-25-26(36-28-27(35-25)31(33)39-32(28)34)30(29)38-24-22-20-18-16-14-12-10-8-6-4-2/h3-24H2,1-2H3. The van der Waals surface area contributed by atoms with Gasteiger partial charge >= 0.3 is 0 Å². The van der Waals surface area contributed by atoms with Gasteiger partial charge in [-0.1, -0.05) is 129 Å². The number of aromatic nitrogens is 2. The van der Waals surface area contributed by atoms with Gasteiger partial charge in [0.2, 0.25) is 0 Å². The summed E-state index contributed by atoms with van der Waals surface area (Å²) in [5.74, 6) is 1.60. The fourth-order valence-corrected chi connectivity index (χ4v) is 7.96. The third-order valence-corrected chi connectivity index (χ3v) is 10.0. The number of hydrogen-bond acceptors (Lipinski definition) is 5. The van der Waals surface area contributed by atoms with Gasteiger partial charge in [0.1, 0.15) is 22.4 Å². The van der Waals surface area contributed by atoms with Crippen LogP contribution in [-0.2, 0) is 9.47 Å². The molecule has 2 aromatic heterocycles. The molecule has 0 saturated carbocycles. The van der Waals surface area contributed by atoms with Crippen molar-refractivity contribution in [2.45, 2.75) is 142 Å². The van der Waals surface area contributed by atoms with Crippen molar-refractivity contribution in [3.8, 4) is 0 Å². The van der Waals surface area contributed by atoms with Crippen molar-refractivity contribution in [2.24, 2.45) is 0 Å². The van der Waals surface area contributed by atoms with E-state index in [4.69, 9.17) is 19.4 Å². The summed E-state index contributed by atoms with van der Waals surface area (Å²) >= 11 is 8.88. The molecule has 0 aromatic carbocycles. The molecular formula is C32H50Br2N2O2S. The summed E-state index contributed by atoms with van der Waals surface area (Å²) in [5.41, 5.74) is 3.47. The summed E-state index contributed by atoms with van der Waals surface area (Å²) in [6.45, 7) is 5.98. The van der Waals surface area contributed by atoms with Gasteiger partial charge in [0.05, 0.1) is 20.8 Å². The van der Waals surface area contributed by atoms with E-state index >= 15 is 0 Å². The molecule has 4 nitrogen and oxygen atoms in total. The van der Waals surface area contributed by atoms with E-state index in [-0.39, 0.29) is 0 Å². The third kappa shape index (κ3) is 10.9. The van der Waals surface area contributed by atoms with E-state index < -0.39 is 0 Å². The van der Waals surface area contributed by atoms with Crippen LogP contribution in [0.3, 0.4) is 0 Å². The Bertz CT molecular complexity index is 932.